The monoisotopic (exact) mass is 392 g/mol. The van der Waals surface area contributed by atoms with E-state index >= 15 is 0 Å². The fourth-order valence-corrected chi connectivity index (χ4v) is 2.97. The minimum atomic E-state index is -2.44. The van der Waals surface area contributed by atoms with E-state index in [9.17, 15) is 18.7 Å². The summed E-state index contributed by atoms with van der Waals surface area (Å²) in [5, 5.41) is 18.3. The highest BCUT2D eigenvalue weighted by atomic mass is 35.5. The lowest BCUT2D eigenvalue weighted by Crippen LogP contribution is -2.30. The summed E-state index contributed by atoms with van der Waals surface area (Å²) in [4.78, 5) is 14.8. The Bertz CT molecular complexity index is 1000. The van der Waals surface area contributed by atoms with Crippen molar-refractivity contribution in [2.75, 3.05) is 10.8 Å². The molecule has 1 amide bonds. The number of hydrogen-bond acceptors (Lipinski definition) is 4. The molecule has 0 aliphatic rings. The summed E-state index contributed by atoms with van der Waals surface area (Å²) in [7, 11) is 0. The summed E-state index contributed by atoms with van der Waals surface area (Å²) in [6, 6.07) is 13.1. The molecule has 0 aliphatic carbocycles. The number of para-hydroxylation sites is 1. The number of amides is 1. The Labute approximate surface area is 155 Å². The molecule has 0 saturated carbocycles. The van der Waals surface area contributed by atoms with Crippen molar-refractivity contribution in [1.82, 2.24) is 4.98 Å². The number of nitrogens with one attached hydrogen (secondary N) is 1. The van der Waals surface area contributed by atoms with E-state index in [-0.39, 0.29) is 11.6 Å². The molecule has 134 valence electrons. The van der Waals surface area contributed by atoms with Gasteiger partial charge in [0.05, 0.1) is 11.2 Å². The Kier molecular flexibility index (Phi) is 5.31. The molecule has 0 fully saturated rings. The molecule has 1 heterocycles. The first kappa shape index (κ1) is 18.1. The van der Waals surface area contributed by atoms with Crippen molar-refractivity contribution in [3.8, 4) is 5.88 Å². The number of carbonyl (C=O) groups excluding carboxylic acids is 1. The van der Waals surface area contributed by atoms with Crippen molar-refractivity contribution < 1.29 is 18.7 Å². The summed E-state index contributed by atoms with van der Waals surface area (Å²) in [6.45, 7) is -0.475. The Morgan fingerprint density at radius 3 is 2.58 bits per heavy atom. The maximum absolute atomic E-state index is 12.1. The molecular weight excluding hydrogens is 380 g/mol. The molecule has 0 saturated heterocycles. The second kappa shape index (κ2) is 7.65. The summed E-state index contributed by atoms with van der Waals surface area (Å²) in [5.41, 5.74) is 1.09. The lowest BCUT2D eigenvalue weighted by molar-refractivity contribution is -0.116. The Morgan fingerprint density at radius 1 is 1.19 bits per heavy atom. The summed E-state index contributed by atoms with van der Waals surface area (Å²) >= 11 is 3.35. The minimum absolute atomic E-state index is 0.122. The number of hydrogen-bond donors (Lipinski definition) is 3. The minimum Gasteiger partial charge on any atom is -0.493 e. The van der Waals surface area contributed by atoms with Gasteiger partial charge in [0.25, 0.3) is 17.2 Å². The number of aromatic nitrogens is 1. The fourth-order valence-electron chi connectivity index (χ4n) is 2.32. The van der Waals surface area contributed by atoms with Gasteiger partial charge in [-0.3, -0.25) is 13.7 Å². The van der Waals surface area contributed by atoms with Crippen LogP contribution < -0.4 is 4.31 Å². The second-order valence-corrected chi connectivity index (χ2v) is 6.54. The van der Waals surface area contributed by atoms with Gasteiger partial charge in [0, 0.05) is 10.4 Å². The number of azo groups is 1. The first-order chi connectivity index (χ1) is 12.5. The van der Waals surface area contributed by atoms with Crippen LogP contribution in [-0.2, 0) is 16.1 Å². The van der Waals surface area contributed by atoms with Crippen LogP contribution >= 0.6 is 11.6 Å². The average molecular weight is 393 g/mol. The predicted molar refractivity (Wildman–Crippen MR) is 99.1 cm³/mol. The molecule has 1 atom stereocenters. The maximum atomic E-state index is 12.1. The van der Waals surface area contributed by atoms with Crippen LogP contribution in [0.2, 0.25) is 5.02 Å². The molecule has 8 nitrogen and oxygen atoms in total. The largest absolute Gasteiger partial charge is 0.493 e. The van der Waals surface area contributed by atoms with E-state index in [4.69, 9.17) is 11.6 Å². The second-order valence-electron chi connectivity index (χ2n) is 5.21. The number of benzene rings is 2. The van der Waals surface area contributed by atoms with Gasteiger partial charge in [-0.15, -0.1) is 10.2 Å². The molecule has 2 aromatic carbocycles. The van der Waals surface area contributed by atoms with E-state index in [1.54, 1.807) is 24.3 Å². The van der Waals surface area contributed by atoms with Gasteiger partial charge in [-0.1, -0.05) is 29.8 Å². The highest BCUT2D eigenvalue weighted by Crippen LogP contribution is 2.35. The molecule has 3 aromatic rings. The highest BCUT2D eigenvalue weighted by Gasteiger charge is 2.17. The van der Waals surface area contributed by atoms with Crippen molar-refractivity contribution >= 4 is 51.1 Å². The van der Waals surface area contributed by atoms with Crippen LogP contribution in [-0.4, -0.2) is 31.3 Å². The van der Waals surface area contributed by atoms with Crippen molar-refractivity contribution in [2.45, 2.75) is 0 Å². The SMILES string of the molecule is O=C(CN(c1ccc(Cl)cc1)S(=O)O)N=Nc1c(O)[nH]c2ccccc12. The maximum Gasteiger partial charge on any atom is 0.285 e. The highest BCUT2D eigenvalue weighted by molar-refractivity contribution is 7.80. The van der Waals surface area contributed by atoms with Crippen LogP contribution in [0.15, 0.2) is 58.8 Å². The summed E-state index contributed by atoms with van der Waals surface area (Å²) < 4.78 is 21.9. The van der Waals surface area contributed by atoms with E-state index < -0.39 is 23.7 Å². The zero-order valence-corrected chi connectivity index (χ0v) is 14.7. The van der Waals surface area contributed by atoms with Gasteiger partial charge < -0.3 is 10.1 Å². The fraction of sp³-hybridized carbons (Fsp3) is 0.0625. The molecule has 0 spiro atoms. The molecule has 0 aliphatic heterocycles. The van der Waals surface area contributed by atoms with Crippen molar-refractivity contribution in [3.05, 3.63) is 53.6 Å². The van der Waals surface area contributed by atoms with Gasteiger partial charge in [0.2, 0.25) is 5.88 Å². The van der Waals surface area contributed by atoms with Crippen LogP contribution in [0.5, 0.6) is 5.88 Å². The molecule has 1 unspecified atom stereocenters. The van der Waals surface area contributed by atoms with Crippen molar-refractivity contribution in [1.29, 1.82) is 0 Å². The van der Waals surface area contributed by atoms with Gasteiger partial charge >= 0.3 is 0 Å². The smallest absolute Gasteiger partial charge is 0.285 e. The summed E-state index contributed by atoms with van der Waals surface area (Å²) in [6.07, 6.45) is 0. The van der Waals surface area contributed by atoms with Gasteiger partial charge in [-0.25, -0.2) is 4.21 Å². The number of carbonyl (C=O) groups is 1. The third kappa shape index (κ3) is 3.90. The number of aromatic amines is 1. The zero-order valence-electron chi connectivity index (χ0n) is 13.2. The number of fused-ring (bicyclic) bond motifs is 1. The molecular formula is C16H13ClN4O4S. The third-order valence-electron chi connectivity index (χ3n) is 3.50. The van der Waals surface area contributed by atoms with E-state index in [1.807, 2.05) is 0 Å². The first-order valence-electron chi connectivity index (χ1n) is 7.34. The number of anilines is 1. The van der Waals surface area contributed by atoms with Crippen molar-refractivity contribution in [3.63, 3.8) is 0 Å². The lowest BCUT2D eigenvalue weighted by atomic mass is 10.2. The number of H-pyrrole nitrogens is 1. The number of aromatic hydroxyl groups is 1. The number of nitrogens with zero attached hydrogens (tertiary/aromatic N) is 3. The van der Waals surface area contributed by atoms with E-state index in [0.717, 1.165) is 4.31 Å². The molecule has 3 rings (SSSR count). The molecule has 1 aromatic heterocycles. The van der Waals surface area contributed by atoms with Crippen LogP contribution in [0.25, 0.3) is 10.9 Å². The van der Waals surface area contributed by atoms with Gasteiger partial charge in [-0.2, -0.15) is 0 Å². The average Bonchev–Trinajstić information content (AvgIpc) is 2.93. The summed E-state index contributed by atoms with van der Waals surface area (Å²) in [5.74, 6) is -0.977. The molecule has 0 bridgehead atoms. The normalized spacial score (nSPS) is 12.5. The Morgan fingerprint density at radius 2 is 1.88 bits per heavy atom. The lowest BCUT2D eigenvalue weighted by Gasteiger charge is -2.17. The zero-order chi connectivity index (χ0) is 18.7. The molecule has 26 heavy (non-hydrogen) atoms. The molecule has 0 radical (unpaired) electrons. The van der Waals surface area contributed by atoms with Crippen LogP contribution in [0, 0.1) is 0 Å². The van der Waals surface area contributed by atoms with Crippen molar-refractivity contribution in [2.24, 2.45) is 10.2 Å². The standard InChI is InChI=1S/C16H13ClN4O4S/c17-10-5-7-11(8-6-10)21(26(24)25)9-14(22)19-20-15-12-3-1-2-4-13(12)18-16(15)23/h1-8,18,23H,9H2,(H,24,25). The van der Waals surface area contributed by atoms with E-state index in [2.05, 4.69) is 15.2 Å². The van der Waals surface area contributed by atoms with E-state index in [1.165, 1.54) is 24.3 Å². The number of halogens is 1. The molecule has 3 N–H and O–H groups in total. The Hall–Kier alpha value is -2.75. The van der Waals surface area contributed by atoms with Gasteiger partial charge in [-0.05, 0) is 30.3 Å². The number of rotatable bonds is 5. The third-order valence-corrected chi connectivity index (χ3v) is 4.47. The predicted octanol–water partition coefficient (Wildman–Crippen LogP) is 3.78. The Balaban J connectivity index is 1.80. The van der Waals surface area contributed by atoms with Crippen LogP contribution in [0.1, 0.15) is 0 Å². The van der Waals surface area contributed by atoms with Gasteiger partial charge in [0.1, 0.15) is 6.54 Å². The molecule has 10 heteroatoms. The quantitative estimate of drug-likeness (QED) is 0.452. The van der Waals surface area contributed by atoms with E-state index in [0.29, 0.717) is 21.6 Å². The van der Waals surface area contributed by atoms with Crippen LogP contribution in [0.3, 0.4) is 0 Å². The topological polar surface area (TPSA) is 118 Å². The first-order valence-corrected chi connectivity index (χ1v) is 8.78. The van der Waals surface area contributed by atoms with Gasteiger partial charge in [0.15, 0.2) is 5.69 Å². The van der Waals surface area contributed by atoms with Crippen LogP contribution in [0.4, 0.5) is 11.4 Å².